The van der Waals surface area contributed by atoms with Crippen LogP contribution in [-0.2, 0) is 6.54 Å². The summed E-state index contributed by atoms with van der Waals surface area (Å²) >= 11 is 0. The van der Waals surface area contributed by atoms with Gasteiger partial charge >= 0.3 is 6.03 Å². The molecule has 158 valence electrons. The van der Waals surface area contributed by atoms with E-state index in [9.17, 15) is 4.79 Å². The van der Waals surface area contributed by atoms with E-state index in [0.717, 1.165) is 43.8 Å². The van der Waals surface area contributed by atoms with Crippen LogP contribution >= 0.6 is 0 Å². The number of carbonyl (C=O) groups is 1. The van der Waals surface area contributed by atoms with E-state index >= 15 is 0 Å². The maximum Gasteiger partial charge on any atom is 0.315 e. The Morgan fingerprint density at radius 3 is 2.59 bits per heavy atom. The highest BCUT2D eigenvalue weighted by molar-refractivity contribution is 5.77. The number of amides is 2. The first-order chi connectivity index (χ1) is 14.2. The number of likely N-dealkylation sites (N-methyl/N-ethyl adjacent to an activating group) is 1. The van der Waals surface area contributed by atoms with Crippen molar-refractivity contribution in [2.24, 2.45) is 0 Å². The Bertz CT molecular complexity index is 807. The molecule has 0 bridgehead atoms. The van der Waals surface area contributed by atoms with Crippen molar-refractivity contribution in [3.63, 3.8) is 0 Å². The van der Waals surface area contributed by atoms with Crippen LogP contribution < -0.4 is 10.6 Å². The minimum Gasteiger partial charge on any atom is -0.338 e. The van der Waals surface area contributed by atoms with E-state index in [0.29, 0.717) is 12.6 Å². The summed E-state index contributed by atoms with van der Waals surface area (Å²) in [5.41, 5.74) is 2.18. The van der Waals surface area contributed by atoms with Gasteiger partial charge in [-0.25, -0.2) is 9.78 Å². The van der Waals surface area contributed by atoms with E-state index in [1.165, 1.54) is 44.5 Å². The normalized spacial score (nSPS) is 18.2. The number of piperazine rings is 1. The van der Waals surface area contributed by atoms with Crippen molar-refractivity contribution in [2.75, 3.05) is 45.8 Å². The number of carbonyl (C=O) groups excluding carboxylic acids is 1. The third-order valence-electron chi connectivity index (χ3n) is 6.09. The van der Waals surface area contributed by atoms with Crippen molar-refractivity contribution < 1.29 is 4.79 Å². The highest BCUT2D eigenvalue weighted by atomic mass is 16.2. The first kappa shape index (κ1) is 20.2. The van der Waals surface area contributed by atoms with Gasteiger partial charge in [-0.3, -0.25) is 0 Å². The van der Waals surface area contributed by atoms with Gasteiger partial charge in [-0.1, -0.05) is 19.1 Å². The molecule has 2 aliphatic rings. The summed E-state index contributed by atoms with van der Waals surface area (Å²) in [6, 6.07) is 8.67. The monoisotopic (exact) mass is 398 g/mol. The molecule has 0 spiro atoms. The van der Waals surface area contributed by atoms with Crippen molar-refractivity contribution in [3.05, 3.63) is 30.1 Å². The van der Waals surface area contributed by atoms with Gasteiger partial charge in [0.15, 0.2) is 0 Å². The highest BCUT2D eigenvalue weighted by Crippen LogP contribution is 2.38. The zero-order chi connectivity index (χ0) is 20.1. The molecule has 0 atom stereocenters. The number of urea groups is 1. The molecule has 1 saturated heterocycles. The summed E-state index contributed by atoms with van der Waals surface area (Å²) < 4.78 is 2.30. The molecule has 2 fully saturated rings. The van der Waals surface area contributed by atoms with Crippen LogP contribution in [0.4, 0.5) is 4.79 Å². The van der Waals surface area contributed by atoms with E-state index in [-0.39, 0.29) is 6.03 Å². The minimum absolute atomic E-state index is 0.101. The van der Waals surface area contributed by atoms with E-state index in [4.69, 9.17) is 4.98 Å². The predicted molar refractivity (Wildman–Crippen MR) is 116 cm³/mol. The standard InChI is InChI=1S/C22H34N6O/c1-2-26-13-15-27(16-14-26)12-6-5-11-23-22(29)24-17-21-25-19-7-3-4-8-20(19)28(21)18-9-10-18/h3-4,7-8,18H,2,5-6,9-17H2,1H3,(H2,23,24,29). The average Bonchev–Trinajstić information content (AvgIpc) is 3.52. The van der Waals surface area contributed by atoms with Gasteiger partial charge in [0.05, 0.1) is 17.6 Å². The summed E-state index contributed by atoms with van der Waals surface area (Å²) in [6.45, 7) is 10.4. The Balaban J connectivity index is 1.15. The average molecular weight is 399 g/mol. The summed E-state index contributed by atoms with van der Waals surface area (Å²) in [4.78, 5) is 22.0. The van der Waals surface area contributed by atoms with Crippen LogP contribution in [0.3, 0.4) is 0 Å². The molecule has 2 amide bonds. The van der Waals surface area contributed by atoms with Gasteiger partial charge in [0.25, 0.3) is 0 Å². The van der Waals surface area contributed by atoms with Gasteiger partial charge in [-0.15, -0.1) is 0 Å². The number of nitrogens with zero attached hydrogens (tertiary/aromatic N) is 4. The molecular weight excluding hydrogens is 364 g/mol. The fraction of sp³-hybridized carbons (Fsp3) is 0.636. The van der Waals surface area contributed by atoms with E-state index in [2.05, 4.69) is 44.1 Å². The molecule has 7 heteroatoms. The number of imidazole rings is 1. The first-order valence-corrected chi connectivity index (χ1v) is 11.2. The second kappa shape index (κ2) is 9.59. The first-order valence-electron chi connectivity index (χ1n) is 11.2. The molecular formula is C22H34N6O. The zero-order valence-electron chi connectivity index (χ0n) is 17.6. The van der Waals surface area contributed by atoms with Crippen molar-refractivity contribution in [1.29, 1.82) is 0 Å². The molecule has 1 aromatic carbocycles. The fourth-order valence-electron chi connectivity index (χ4n) is 4.17. The number of para-hydroxylation sites is 2. The molecule has 0 unspecified atom stereocenters. The largest absolute Gasteiger partial charge is 0.338 e. The van der Waals surface area contributed by atoms with Gasteiger partial charge < -0.3 is 25.0 Å². The molecule has 2 aromatic rings. The minimum atomic E-state index is -0.101. The van der Waals surface area contributed by atoms with Crippen molar-refractivity contribution >= 4 is 17.1 Å². The zero-order valence-corrected chi connectivity index (χ0v) is 17.6. The number of hydrogen-bond donors (Lipinski definition) is 2. The van der Waals surface area contributed by atoms with Crippen LogP contribution in [0.1, 0.15) is 44.5 Å². The summed E-state index contributed by atoms with van der Waals surface area (Å²) in [6.07, 6.45) is 4.55. The second-order valence-electron chi connectivity index (χ2n) is 8.21. The summed E-state index contributed by atoms with van der Waals surface area (Å²) in [5, 5.41) is 5.98. The van der Waals surface area contributed by atoms with Crippen molar-refractivity contribution in [2.45, 2.75) is 45.2 Å². The van der Waals surface area contributed by atoms with E-state index in [1.54, 1.807) is 0 Å². The molecule has 1 aliphatic heterocycles. The molecule has 29 heavy (non-hydrogen) atoms. The number of benzene rings is 1. The number of fused-ring (bicyclic) bond motifs is 1. The van der Waals surface area contributed by atoms with Gasteiger partial charge in [-0.05, 0) is 50.9 Å². The molecule has 1 saturated carbocycles. The molecule has 2 heterocycles. The van der Waals surface area contributed by atoms with Gasteiger partial charge in [0.1, 0.15) is 5.82 Å². The lowest BCUT2D eigenvalue weighted by Crippen LogP contribution is -2.46. The fourth-order valence-corrected chi connectivity index (χ4v) is 4.17. The van der Waals surface area contributed by atoms with Crippen LogP contribution in [0.5, 0.6) is 0 Å². The Morgan fingerprint density at radius 1 is 1.07 bits per heavy atom. The van der Waals surface area contributed by atoms with Gasteiger partial charge in [-0.2, -0.15) is 0 Å². The predicted octanol–water partition coefficient (Wildman–Crippen LogP) is 2.59. The smallest absolute Gasteiger partial charge is 0.315 e. The van der Waals surface area contributed by atoms with Crippen LogP contribution in [0.25, 0.3) is 11.0 Å². The van der Waals surface area contributed by atoms with Gasteiger partial charge in [0.2, 0.25) is 0 Å². The topological polar surface area (TPSA) is 65.4 Å². The number of hydrogen-bond acceptors (Lipinski definition) is 4. The number of nitrogens with one attached hydrogen (secondary N) is 2. The quantitative estimate of drug-likeness (QED) is 0.637. The highest BCUT2D eigenvalue weighted by Gasteiger charge is 2.28. The Morgan fingerprint density at radius 2 is 1.83 bits per heavy atom. The Kier molecular flexibility index (Phi) is 6.67. The van der Waals surface area contributed by atoms with Crippen molar-refractivity contribution in [1.82, 2.24) is 30.0 Å². The molecule has 7 nitrogen and oxygen atoms in total. The lowest BCUT2D eigenvalue weighted by atomic mass is 10.2. The van der Waals surface area contributed by atoms with Gasteiger partial charge in [0, 0.05) is 38.8 Å². The summed E-state index contributed by atoms with van der Waals surface area (Å²) in [5.74, 6) is 0.954. The van der Waals surface area contributed by atoms with Crippen LogP contribution in [-0.4, -0.2) is 71.2 Å². The maximum atomic E-state index is 12.2. The Hall–Kier alpha value is -2.12. The van der Waals surface area contributed by atoms with Crippen LogP contribution in [0.15, 0.2) is 24.3 Å². The molecule has 2 N–H and O–H groups in total. The van der Waals surface area contributed by atoms with Crippen LogP contribution in [0, 0.1) is 0 Å². The summed E-state index contributed by atoms with van der Waals surface area (Å²) in [7, 11) is 0. The maximum absolute atomic E-state index is 12.2. The third-order valence-corrected chi connectivity index (χ3v) is 6.09. The molecule has 0 radical (unpaired) electrons. The Labute approximate surface area is 173 Å². The molecule has 1 aliphatic carbocycles. The van der Waals surface area contributed by atoms with Crippen molar-refractivity contribution in [3.8, 4) is 0 Å². The number of aromatic nitrogens is 2. The van der Waals surface area contributed by atoms with Crippen LogP contribution in [0.2, 0.25) is 0 Å². The SMILES string of the molecule is CCN1CCN(CCCCNC(=O)NCc2nc3ccccc3n2C2CC2)CC1. The van der Waals surface area contributed by atoms with E-state index in [1.807, 2.05) is 12.1 Å². The third kappa shape index (κ3) is 5.28. The molecule has 1 aromatic heterocycles. The second-order valence-corrected chi connectivity index (χ2v) is 8.21. The lowest BCUT2D eigenvalue weighted by molar-refractivity contribution is 0.135. The molecule has 4 rings (SSSR count). The number of unbranched alkanes of at least 4 members (excludes halogenated alkanes) is 1. The lowest BCUT2D eigenvalue weighted by Gasteiger charge is -2.33. The number of rotatable bonds is 9. The van der Waals surface area contributed by atoms with E-state index < -0.39 is 0 Å².